The van der Waals surface area contributed by atoms with Gasteiger partial charge >= 0.3 is 0 Å². The highest BCUT2D eigenvalue weighted by Gasteiger charge is 2.35. The Bertz CT molecular complexity index is 1310. The molecule has 8 nitrogen and oxygen atoms in total. The molecular weight excluding hydrogens is 542 g/mol. The number of nitrogens with zero attached hydrogens (tertiary/aromatic N) is 3. The molecule has 4 rings (SSSR count). The van der Waals surface area contributed by atoms with Gasteiger partial charge in [-0.05, 0) is 78.5 Å². The fourth-order valence-corrected chi connectivity index (χ4v) is 5.35. The van der Waals surface area contributed by atoms with Crippen molar-refractivity contribution in [1.82, 2.24) is 14.8 Å². The molecule has 0 fully saturated rings. The first-order valence-electron chi connectivity index (χ1n) is 11.8. The third-order valence-electron chi connectivity index (χ3n) is 5.65. The van der Waals surface area contributed by atoms with E-state index in [-0.39, 0.29) is 5.91 Å². The molecule has 1 aliphatic heterocycles. The first-order valence-corrected chi connectivity index (χ1v) is 13.6. The van der Waals surface area contributed by atoms with Crippen LogP contribution in [-0.4, -0.2) is 40.1 Å². The number of rotatable bonds is 9. The zero-order chi connectivity index (χ0) is 25.8. The van der Waals surface area contributed by atoms with Gasteiger partial charge in [-0.3, -0.25) is 4.79 Å². The van der Waals surface area contributed by atoms with E-state index in [9.17, 15) is 4.79 Å². The number of carbonyl (C=O) groups excluding carboxylic acids is 1. The van der Waals surface area contributed by atoms with E-state index in [4.69, 9.17) is 14.6 Å². The number of carbonyl (C=O) groups is 1. The second-order valence-corrected chi connectivity index (χ2v) is 10.3. The molecule has 0 spiro atoms. The molecule has 2 N–H and O–H groups in total. The number of aryl methyl sites for hydroxylation is 1. The number of methoxy groups -OCH3 is 1. The molecule has 2 heterocycles. The van der Waals surface area contributed by atoms with Crippen molar-refractivity contribution in [3.8, 4) is 11.5 Å². The molecule has 0 saturated heterocycles. The van der Waals surface area contributed by atoms with Crippen LogP contribution in [-0.2, 0) is 4.79 Å². The van der Waals surface area contributed by atoms with E-state index >= 15 is 0 Å². The van der Waals surface area contributed by atoms with Crippen molar-refractivity contribution in [2.45, 2.75) is 45.3 Å². The molecule has 1 unspecified atom stereocenters. The third-order valence-corrected chi connectivity index (χ3v) is 7.28. The monoisotopic (exact) mass is 571 g/mol. The summed E-state index contributed by atoms with van der Waals surface area (Å²) in [6, 6.07) is 11.0. The average molecular weight is 573 g/mol. The lowest BCUT2D eigenvalue weighted by atomic mass is 9.94. The Hall–Kier alpha value is -2.98. The van der Waals surface area contributed by atoms with Crippen LogP contribution < -0.4 is 20.1 Å². The summed E-state index contributed by atoms with van der Waals surface area (Å²) in [5.74, 6) is 2.46. The van der Waals surface area contributed by atoms with Gasteiger partial charge in [0.1, 0.15) is 6.04 Å². The van der Waals surface area contributed by atoms with Gasteiger partial charge in [-0.1, -0.05) is 30.8 Å². The smallest absolute Gasteiger partial charge is 0.255 e. The van der Waals surface area contributed by atoms with Crippen molar-refractivity contribution < 1.29 is 14.3 Å². The Labute approximate surface area is 224 Å². The van der Waals surface area contributed by atoms with E-state index in [1.807, 2.05) is 57.2 Å². The van der Waals surface area contributed by atoms with E-state index in [1.165, 1.54) is 0 Å². The highest BCUT2D eigenvalue weighted by atomic mass is 79.9. The van der Waals surface area contributed by atoms with Crippen LogP contribution in [0.3, 0.4) is 0 Å². The number of hydrogen-bond acceptors (Lipinski definition) is 7. The Balaban J connectivity index is 1.83. The lowest BCUT2D eigenvalue weighted by Crippen LogP contribution is -2.31. The summed E-state index contributed by atoms with van der Waals surface area (Å²) < 4.78 is 13.9. The van der Waals surface area contributed by atoms with Gasteiger partial charge in [0.25, 0.3) is 5.91 Å². The van der Waals surface area contributed by atoms with Crippen LogP contribution >= 0.6 is 27.7 Å². The number of nitrogens with one attached hydrogen (secondary N) is 2. The first-order chi connectivity index (χ1) is 17.4. The Morgan fingerprint density at radius 3 is 2.75 bits per heavy atom. The lowest BCUT2D eigenvalue weighted by Gasteiger charge is -2.29. The summed E-state index contributed by atoms with van der Waals surface area (Å²) in [4.78, 5) is 18.4. The van der Waals surface area contributed by atoms with E-state index < -0.39 is 6.04 Å². The third kappa shape index (κ3) is 5.39. The van der Waals surface area contributed by atoms with Gasteiger partial charge in [-0.25, -0.2) is 4.68 Å². The predicted octanol–water partition coefficient (Wildman–Crippen LogP) is 6.19. The first kappa shape index (κ1) is 26.1. The van der Waals surface area contributed by atoms with Crippen molar-refractivity contribution in [1.29, 1.82) is 0 Å². The number of halogens is 1. The molecule has 3 aromatic rings. The van der Waals surface area contributed by atoms with Crippen LogP contribution in [0, 0.1) is 6.92 Å². The van der Waals surface area contributed by atoms with Crippen molar-refractivity contribution in [2.75, 3.05) is 30.1 Å². The quantitative estimate of drug-likeness (QED) is 0.296. The van der Waals surface area contributed by atoms with E-state index in [0.29, 0.717) is 40.5 Å². The minimum absolute atomic E-state index is 0.219. The number of anilines is 2. The molecule has 36 heavy (non-hydrogen) atoms. The minimum Gasteiger partial charge on any atom is -0.493 e. The van der Waals surface area contributed by atoms with Gasteiger partial charge in [-0.2, -0.15) is 4.98 Å². The van der Waals surface area contributed by atoms with E-state index in [0.717, 1.165) is 33.5 Å². The minimum atomic E-state index is -0.532. The molecule has 1 atom stereocenters. The number of ether oxygens (including phenoxy) is 2. The van der Waals surface area contributed by atoms with Crippen molar-refractivity contribution in [3.05, 3.63) is 63.3 Å². The van der Waals surface area contributed by atoms with Crippen LogP contribution in [0.5, 0.6) is 11.5 Å². The average Bonchev–Trinajstić information content (AvgIpc) is 3.25. The molecule has 1 amide bonds. The number of amides is 1. The largest absolute Gasteiger partial charge is 0.493 e. The van der Waals surface area contributed by atoms with Crippen molar-refractivity contribution >= 4 is 45.2 Å². The van der Waals surface area contributed by atoms with Gasteiger partial charge in [0.2, 0.25) is 11.1 Å². The van der Waals surface area contributed by atoms with Crippen LogP contribution in [0.1, 0.15) is 44.4 Å². The summed E-state index contributed by atoms with van der Waals surface area (Å²) in [6.45, 7) is 8.41. The highest BCUT2D eigenvalue weighted by molar-refractivity contribution is 9.10. The fourth-order valence-electron chi connectivity index (χ4n) is 4.09. The number of benzene rings is 2. The maximum atomic E-state index is 13.7. The summed E-state index contributed by atoms with van der Waals surface area (Å²) in [5.41, 5.74) is 3.86. The number of thioether (sulfide) groups is 1. The SMILES string of the molecule is CCCSc1nc2n(n1)C(c1cc(Br)c(OCC)c(OC)c1)C(C(=O)Nc1cccc(C)c1)=C(C)N2. The zero-order valence-corrected chi connectivity index (χ0v) is 23.4. The number of aromatic nitrogens is 3. The molecule has 0 aliphatic carbocycles. The molecule has 10 heteroatoms. The lowest BCUT2D eigenvalue weighted by molar-refractivity contribution is -0.113. The Kier molecular flexibility index (Phi) is 8.25. The van der Waals surface area contributed by atoms with Crippen LogP contribution in [0.25, 0.3) is 0 Å². The van der Waals surface area contributed by atoms with Gasteiger partial charge in [0.15, 0.2) is 11.5 Å². The summed E-state index contributed by atoms with van der Waals surface area (Å²) in [5, 5.41) is 11.8. The molecule has 2 aromatic carbocycles. The van der Waals surface area contributed by atoms with Crippen LogP contribution in [0.2, 0.25) is 0 Å². The molecule has 1 aliphatic rings. The maximum absolute atomic E-state index is 13.7. The standard InChI is InChI=1S/C26H30BrN5O3S/c1-6-11-36-26-30-25-28-16(4)21(24(33)29-18-10-8-9-15(3)12-18)22(32(25)31-26)17-13-19(27)23(35-7-2)20(14-17)34-5/h8-10,12-14,22H,6-7,11H2,1-5H3,(H,29,33)(H,28,30,31). The zero-order valence-electron chi connectivity index (χ0n) is 21.0. The maximum Gasteiger partial charge on any atom is 0.255 e. The van der Waals surface area contributed by atoms with Gasteiger partial charge < -0.3 is 20.1 Å². The molecule has 0 saturated carbocycles. The van der Waals surface area contributed by atoms with Gasteiger partial charge in [0.05, 0.1) is 23.8 Å². The Morgan fingerprint density at radius 1 is 1.25 bits per heavy atom. The number of hydrogen-bond donors (Lipinski definition) is 2. The molecule has 0 radical (unpaired) electrons. The Morgan fingerprint density at radius 2 is 2.06 bits per heavy atom. The van der Waals surface area contributed by atoms with Crippen molar-refractivity contribution in [2.24, 2.45) is 0 Å². The van der Waals surface area contributed by atoms with Crippen molar-refractivity contribution in [3.63, 3.8) is 0 Å². The second-order valence-electron chi connectivity index (χ2n) is 8.37. The predicted molar refractivity (Wildman–Crippen MR) is 147 cm³/mol. The van der Waals surface area contributed by atoms with E-state index in [2.05, 4.69) is 38.5 Å². The number of fused-ring (bicyclic) bond motifs is 1. The highest BCUT2D eigenvalue weighted by Crippen LogP contribution is 2.43. The number of allylic oxidation sites excluding steroid dienone is 1. The summed E-state index contributed by atoms with van der Waals surface area (Å²) in [6.07, 6.45) is 1.01. The van der Waals surface area contributed by atoms with Crippen LogP contribution in [0.4, 0.5) is 11.6 Å². The van der Waals surface area contributed by atoms with Crippen LogP contribution in [0.15, 0.2) is 57.3 Å². The van der Waals surface area contributed by atoms with Gasteiger partial charge in [0, 0.05) is 17.1 Å². The molecule has 190 valence electrons. The summed E-state index contributed by atoms with van der Waals surface area (Å²) >= 11 is 5.22. The normalized spacial score (nSPS) is 14.8. The topological polar surface area (TPSA) is 90.3 Å². The summed E-state index contributed by atoms with van der Waals surface area (Å²) in [7, 11) is 1.60. The van der Waals surface area contributed by atoms with Gasteiger partial charge in [-0.15, -0.1) is 5.10 Å². The molecular formula is C26H30BrN5O3S. The molecule has 0 bridgehead atoms. The second kappa shape index (κ2) is 11.4. The van der Waals surface area contributed by atoms with E-state index in [1.54, 1.807) is 23.6 Å². The fraction of sp³-hybridized carbons (Fsp3) is 0.346. The molecule has 1 aromatic heterocycles.